The predicted molar refractivity (Wildman–Crippen MR) is 144 cm³/mol. The third-order valence-electron chi connectivity index (χ3n) is 7.51. The molecule has 0 atom stereocenters. The van der Waals surface area contributed by atoms with Crippen LogP contribution in [0.25, 0.3) is 0 Å². The van der Waals surface area contributed by atoms with Gasteiger partial charge in [0.1, 0.15) is 11.6 Å². The Kier molecular flexibility index (Phi) is 8.37. The fourth-order valence-electron chi connectivity index (χ4n) is 4.85. The van der Waals surface area contributed by atoms with E-state index in [0.29, 0.717) is 0 Å². The Balaban J connectivity index is 1.80. The molecular weight excluding hydrogens is 452 g/mol. The maximum absolute atomic E-state index is 12.9. The zero-order valence-electron chi connectivity index (χ0n) is 22.6. The molecule has 194 valence electrons. The van der Waals surface area contributed by atoms with Crippen LogP contribution in [0.3, 0.4) is 0 Å². The second kappa shape index (κ2) is 10.9. The molecule has 3 rings (SSSR count). The molecule has 0 aliphatic carbocycles. The number of hydrogen-bond donors (Lipinski definition) is 0. The van der Waals surface area contributed by atoms with Crippen molar-refractivity contribution in [1.29, 1.82) is 0 Å². The summed E-state index contributed by atoms with van der Waals surface area (Å²) in [5.41, 5.74) is 3.11. The quantitative estimate of drug-likeness (QED) is 0.411. The molecule has 1 aromatic rings. The van der Waals surface area contributed by atoms with Gasteiger partial charge in [0.15, 0.2) is 11.6 Å². The minimum absolute atomic E-state index is 0.0314. The van der Waals surface area contributed by atoms with Gasteiger partial charge in [-0.25, -0.2) is 0 Å². The Labute approximate surface area is 215 Å². The molecule has 6 nitrogen and oxygen atoms in total. The van der Waals surface area contributed by atoms with Crippen LogP contribution in [0.2, 0.25) is 0 Å². The fourth-order valence-corrected chi connectivity index (χ4v) is 4.85. The molecule has 6 heteroatoms. The van der Waals surface area contributed by atoms with Gasteiger partial charge in [0, 0.05) is 73.7 Å². The van der Waals surface area contributed by atoms with Crippen molar-refractivity contribution in [1.82, 2.24) is 0 Å². The first-order chi connectivity index (χ1) is 16.8. The van der Waals surface area contributed by atoms with E-state index in [1.54, 1.807) is 0 Å². The number of Topliss-reactive ketones (excluding diaryl/α,β-unsaturated/α-hetero) is 4. The van der Waals surface area contributed by atoms with Crippen molar-refractivity contribution in [2.45, 2.75) is 80.1 Å². The van der Waals surface area contributed by atoms with Crippen molar-refractivity contribution in [3.05, 3.63) is 47.8 Å². The molecule has 1 aromatic carbocycles. The summed E-state index contributed by atoms with van der Waals surface area (Å²) < 4.78 is 0. The summed E-state index contributed by atoms with van der Waals surface area (Å²) >= 11 is 0. The predicted octanol–water partition coefficient (Wildman–Crippen LogP) is 5.80. The van der Waals surface area contributed by atoms with Crippen LogP contribution in [0.1, 0.15) is 80.1 Å². The Bertz CT molecular complexity index is 1010. The van der Waals surface area contributed by atoms with Gasteiger partial charge in [-0.1, -0.05) is 27.7 Å². The van der Waals surface area contributed by atoms with E-state index in [1.807, 2.05) is 36.7 Å². The van der Waals surface area contributed by atoms with Crippen molar-refractivity contribution in [3.63, 3.8) is 0 Å². The van der Waals surface area contributed by atoms with Crippen molar-refractivity contribution in [2.75, 3.05) is 22.9 Å². The largest absolute Gasteiger partial charge is 0.348 e. The van der Waals surface area contributed by atoms with Gasteiger partial charge >= 0.3 is 0 Å². The first kappa shape index (κ1) is 27.6. The number of hydrogen-bond acceptors (Lipinski definition) is 6. The van der Waals surface area contributed by atoms with Gasteiger partial charge in [-0.15, -0.1) is 0 Å². The monoisotopic (exact) mass is 492 g/mol. The van der Waals surface area contributed by atoms with Gasteiger partial charge in [-0.05, 0) is 61.8 Å². The number of carbonyl (C=O) groups excluding carboxylic acids is 4. The van der Waals surface area contributed by atoms with E-state index in [-0.39, 0.29) is 59.6 Å². The molecular formula is C30H40N2O4. The maximum atomic E-state index is 12.9. The lowest BCUT2D eigenvalue weighted by atomic mass is 9.76. The van der Waals surface area contributed by atoms with Crippen LogP contribution in [0.15, 0.2) is 47.8 Å². The second-order valence-electron chi connectivity index (χ2n) is 11.5. The minimum Gasteiger partial charge on any atom is -0.348 e. The number of allylic oxidation sites excluding steroid dienone is 2. The number of carbonyl (C=O) groups is 4. The molecule has 2 aliphatic rings. The molecule has 0 radical (unpaired) electrons. The highest BCUT2D eigenvalue weighted by Crippen LogP contribution is 2.39. The van der Waals surface area contributed by atoms with Crippen LogP contribution >= 0.6 is 0 Å². The van der Waals surface area contributed by atoms with E-state index in [0.717, 1.165) is 48.5 Å². The van der Waals surface area contributed by atoms with Gasteiger partial charge in [0.25, 0.3) is 0 Å². The van der Waals surface area contributed by atoms with Crippen molar-refractivity contribution >= 4 is 34.5 Å². The van der Waals surface area contributed by atoms with E-state index in [4.69, 9.17) is 0 Å². The smallest absolute Gasteiger partial charge is 0.161 e. The Morgan fingerprint density at radius 1 is 0.639 bits per heavy atom. The molecule has 0 unspecified atom stereocenters. The summed E-state index contributed by atoms with van der Waals surface area (Å²) in [6.45, 7) is 13.0. The molecule has 0 fully saturated rings. The molecule has 2 aliphatic heterocycles. The van der Waals surface area contributed by atoms with Gasteiger partial charge in [-0.3, -0.25) is 9.59 Å². The molecule has 0 aromatic heterocycles. The van der Waals surface area contributed by atoms with E-state index in [2.05, 4.69) is 37.5 Å². The van der Waals surface area contributed by atoms with E-state index in [9.17, 15) is 19.2 Å². The Morgan fingerprint density at radius 3 is 1.28 bits per heavy atom. The second-order valence-corrected chi connectivity index (χ2v) is 11.5. The summed E-state index contributed by atoms with van der Waals surface area (Å²) in [6, 6.07) is 8.19. The number of rotatable bonds is 10. The standard InChI is InChI=1S/C30H40N2O4/c1-21(33)7-13-27(35)25-19-31(17-15-29(25,3)4)23-9-11-24(12-10-23)32-18-16-30(5,6)26(20-32)28(36)14-8-22(2)34/h9-12,19-20H,7-8,13-18H2,1-6H3. The summed E-state index contributed by atoms with van der Waals surface area (Å²) in [5, 5.41) is 0. The third-order valence-corrected chi connectivity index (χ3v) is 7.51. The summed E-state index contributed by atoms with van der Waals surface area (Å²) in [6.07, 6.45) is 6.67. The molecule has 2 heterocycles. The number of benzene rings is 1. The summed E-state index contributed by atoms with van der Waals surface area (Å²) in [5.74, 6) is 0.145. The fraction of sp³-hybridized carbons (Fsp3) is 0.533. The van der Waals surface area contributed by atoms with Gasteiger partial charge in [0.2, 0.25) is 0 Å². The first-order valence-electron chi connectivity index (χ1n) is 12.9. The Hall–Kier alpha value is -3.02. The van der Waals surface area contributed by atoms with Crippen LogP contribution in [0, 0.1) is 10.8 Å². The lowest BCUT2D eigenvalue weighted by Crippen LogP contribution is -2.35. The normalized spacial score (nSPS) is 18.8. The van der Waals surface area contributed by atoms with Gasteiger partial charge < -0.3 is 19.4 Å². The number of anilines is 2. The van der Waals surface area contributed by atoms with Crippen LogP contribution in [0.5, 0.6) is 0 Å². The SMILES string of the molecule is CC(=O)CCC(=O)C1=CN(c2ccc(N3C=C(C(=O)CCC(C)=O)C(C)(C)CC3)cc2)CCC1(C)C. The minimum atomic E-state index is -0.221. The average Bonchev–Trinajstić information content (AvgIpc) is 2.81. The lowest BCUT2D eigenvalue weighted by molar-refractivity contribution is -0.121. The van der Waals surface area contributed by atoms with Crippen molar-refractivity contribution < 1.29 is 19.2 Å². The molecule has 0 saturated heterocycles. The highest BCUT2D eigenvalue weighted by atomic mass is 16.1. The van der Waals surface area contributed by atoms with Crippen LogP contribution in [-0.2, 0) is 19.2 Å². The Morgan fingerprint density at radius 2 is 0.972 bits per heavy atom. The molecule has 0 saturated carbocycles. The van der Waals surface area contributed by atoms with Crippen molar-refractivity contribution in [2.24, 2.45) is 10.8 Å². The number of nitrogens with zero attached hydrogens (tertiary/aromatic N) is 2. The third kappa shape index (κ3) is 6.59. The van der Waals surface area contributed by atoms with E-state index >= 15 is 0 Å². The van der Waals surface area contributed by atoms with Gasteiger partial charge in [-0.2, -0.15) is 0 Å². The zero-order valence-corrected chi connectivity index (χ0v) is 22.6. The summed E-state index contributed by atoms with van der Waals surface area (Å²) in [4.78, 5) is 52.7. The highest BCUT2D eigenvalue weighted by molar-refractivity contribution is 5.99. The van der Waals surface area contributed by atoms with Gasteiger partial charge in [0.05, 0.1) is 0 Å². The van der Waals surface area contributed by atoms with Crippen LogP contribution in [-0.4, -0.2) is 36.2 Å². The molecule has 0 bridgehead atoms. The summed E-state index contributed by atoms with van der Waals surface area (Å²) in [7, 11) is 0. The zero-order chi connectivity index (χ0) is 26.7. The van der Waals surface area contributed by atoms with E-state index in [1.165, 1.54) is 13.8 Å². The van der Waals surface area contributed by atoms with Crippen LogP contribution in [0.4, 0.5) is 11.4 Å². The van der Waals surface area contributed by atoms with Crippen LogP contribution < -0.4 is 9.80 Å². The first-order valence-corrected chi connectivity index (χ1v) is 12.9. The molecule has 0 N–H and O–H groups in total. The average molecular weight is 493 g/mol. The van der Waals surface area contributed by atoms with Crippen molar-refractivity contribution in [3.8, 4) is 0 Å². The molecule has 36 heavy (non-hydrogen) atoms. The van der Waals surface area contributed by atoms with E-state index < -0.39 is 0 Å². The topological polar surface area (TPSA) is 74.8 Å². The number of ketones is 4. The highest BCUT2D eigenvalue weighted by Gasteiger charge is 2.34. The lowest BCUT2D eigenvalue weighted by Gasteiger charge is -2.38. The molecule has 0 amide bonds. The molecule has 0 spiro atoms. The maximum Gasteiger partial charge on any atom is 0.161 e.